The Morgan fingerprint density at radius 1 is 0.762 bits per heavy atom. The summed E-state index contributed by atoms with van der Waals surface area (Å²) in [4.78, 5) is 0. The topological polar surface area (TPSA) is 0 Å². The number of allylic oxidation sites excluding steroid dienone is 4. The Balaban J connectivity index is 3.13. The third-order valence-electron chi connectivity index (χ3n) is 3.36. The van der Waals surface area contributed by atoms with Gasteiger partial charge in [-0.15, -0.1) is 18.3 Å². The summed E-state index contributed by atoms with van der Waals surface area (Å²) in [5.41, 5.74) is 0. The van der Waals surface area contributed by atoms with Gasteiger partial charge in [-0.05, 0) is 31.8 Å². The Kier molecular flexibility index (Phi) is 17.4. The van der Waals surface area contributed by atoms with Gasteiger partial charge in [-0.1, -0.05) is 69.6 Å². The molecule has 0 unspecified atom stereocenters. The molecule has 0 heteroatoms. The standard InChI is InChI=1S/C21H32/c1-3-5-7-9-11-13-15-17-19-21-20-18-16-14-12-10-8-6-4-2/h1,5,7,9,11H,4,6,12-21H2,2H3/b7-5-,11-9+. The average molecular weight is 284 g/mol. The number of terminal acetylenes is 1. The zero-order valence-electron chi connectivity index (χ0n) is 13.9. The normalized spacial score (nSPS) is 10.7. The van der Waals surface area contributed by atoms with Crippen molar-refractivity contribution in [3.05, 3.63) is 24.3 Å². The van der Waals surface area contributed by atoms with Crippen LogP contribution in [0.1, 0.15) is 84.0 Å². The Hall–Kier alpha value is -1.40. The Labute approximate surface area is 133 Å². The second-order valence-corrected chi connectivity index (χ2v) is 5.42. The summed E-state index contributed by atoms with van der Waals surface area (Å²) in [7, 11) is 0. The molecule has 0 saturated carbocycles. The molecule has 0 amide bonds. The maximum atomic E-state index is 5.12. The average Bonchev–Trinajstić information content (AvgIpc) is 2.50. The summed E-state index contributed by atoms with van der Waals surface area (Å²) in [6.07, 6.45) is 28.4. The van der Waals surface area contributed by atoms with Crippen molar-refractivity contribution in [2.75, 3.05) is 0 Å². The van der Waals surface area contributed by atoms with E-state index in [0.29, 0.717) is 0 Å². The lowest BCUT2D eigenvalue weighted by Gasteiger charge is -2.00. The highest BCUT2D eigenvalue weighted by Gasteiger charge is 1.91. The van der Waals surface area contributed by atoms with Crippen molar-refractivity contribution in [1.82, 2.24) is 0 Å². The van der Waals surface area contributed by atoms with Crippen molar-refractivity contribution in [3.8, 4) is 24.2 Å². The highest BCUT2D eigenvalue weighted by atomic mass is 14.0. The van der Waals surface area contributed by atoms with Gasteiger partial charge in [0.25, 0.3) is 0 Å². The first-order valence-corrected chi connectivity index (χ1v) is 8.65. The summed E-state index contributed by atoms with van der Waals surface area (Å²) in [6.45, 7) is 2.18. The largest absolute Gasteiger partial charge is 0.115 e. The predicted molar refractivity (Wildman–Crippen MR) is 96.0 cm³/mol. The van der Waals surface area contributed by atoms with E-state index in [4.69, 9.17) is 6.42 Å². The molecular formula is C21H32. The zero-order valence-corrected chi connectivity index (χ0v) is 13.9. The van der Waals surface area contributed by atoms with Crippen molar-refractivity contribution >= 4 is 0 Å². The van der Waals surface area contributed by atoms with E-state index < -0.39 is 0 Å². The molecule has 0 aromatic heterocycles. The van der Waals surface area contributed by atoms with Crippen LogP contribution in [0.2, 0.25) is 0 Å². The number of unbranched alkanes of at least 4 members (excludes halogenated alkanes) is 10. The zero-order chi connectivity index (χ0) is 15.4. The van der Waals surface area contributed by atoms with Crippen LogP contribution in [-0.2, 0) is 0 Å². The van der Waals surface area contributed by atoms with Gasteiger partial charge in [0.15, 0.2) is 0 Å². The van der Waals surface area contributed by atoms with E-state index in [1.54, 1.807) is 6.08 Å². The van der Waals surface area contributed by atoms with E-state index >= 15 is 0 Å². The van der Waals surface area contributed by atoms with Crippen molar-refractivity contribution in [3.63, 3.8) is 0 Å². The quantitative estimate of drug-likeness (QED) is 0.220. The van der Waals surface area contributed by atoms with E-state index in [-0.39, 0.29) is 0 Å². The third-order valence-corrected chi connectivity index (χ3v) is 3.36. The lowest BCUT2D eigenvalue weighted by molar-refractivity contribution is 0.572. The Morgan fingerprint density at radius 2 is 1.38 bits per heavy atom. The molecular weight excluding hydrogens is 252 g/mol. The summed E-state index contributed by atoms with van der Waals surface area (Å²) in [6, 6.07) is 0. The number of rotatable bonds is 12. The van der Waals surface area contributed by atoms with E-state index in [1.165, 1.54) is 64.2 Å². The smallest absolute Gasteiger partial charge is 0.00886 e. The molecule has 0 aliphatic rings. The molecule has 0 aromatic carbocycles. The molecule has 0 spiro atoms. The molecule has 0 aliphatic carbocycles. The highest BCUT2D eigenvalue weighted by Crippen LogP contribution is 2.10. The SMILES string of the molecule is C#C/C=C\C=C\CCCCCCCCCCC#CCCC. The van der Waals surface area contributed by atoms with Crippen LogP contribution in [-0.4, -0.2) is 0 Å². The minimum absolute atomic E-state index is 1.06. The van der Waals surface area contributed by atoms with Crippen LogP contribution in [0.15, 0.2) is 24.3 Å². The molecule has 21 heavy (non-hydrogen) atoms. The van der Waals surface area contributed by atoms with Crippen LogP contribution < -0.4 is 0 Å². The minimum atomic E-state index is 1.06. The maximum Gasteiger partial charge on any atom is 0.00886 e. The summed E-state index contributed by atoms with van der Waals surface area (Å²) >= 11 is 0. The number of hydrogen-bond donors (Lipinski definition) is 0. The van der Waals surface area contributed by atoms with Gasteiger partial charge in [0.05, 0.1) is 0 Å². The summed E-state index contributed by atoms with van der Waals surface area (Å²) in [5.74, 6) is 8.95. The summed E-state index contributed by atoms with van der Waals surface area (Å²) < 4.78 is 0. The van der Waals surface area contributed by atoms with Gasteiger partial charge in [-0.3, -0.25) is 0 Å². The predicted octanol–water partition coefficient (Wildman–Crippen LogP) is 6.44. The first-order chi connectivity index (χ1) is 10.4. The van der Waals surface area contributed by atoms with Crippen LogP contribution in [0, 0.1) is 24.2 Å². The van der Waals surface area contributed by atoms with Crippen molar-refractivity contribution < 1.29 is 0 Å². The van der Waals surface area contributed by atoms with Crippen LogP contribution >= 0.6 is 0 Å². The van der Waals surface area contributed by atoms with Crippen molar-refractivity contribution in [2.24, 2.45) is 0 Å². The second kappa shape index (κ2) is 18.6. The van der Waals surface area contributed by atoms with Gasteiger partial charge in [-0.25, -0.2) is 0 Å². The molecule has 0 aromatic rings. The maximum absolute atomic E-state index is 5.12. The van der Waals surface area contributed by atoms with Gasteiger partial charge in [-0.2, -0.15) is 0 Å². The molecule has 0 N–H and O–H groups in total. The lowest BCUT2D eigenvalue weighted by atomic mass is 10.1. The molecule has 0 radical (unpaired) electrons. The van der Waals surface area contributed by atoms with Crippen LogP contribution in [0.4, 0.5) is 0 Å². The van der Waals surface area contributed by atoms with Gasteiger partial charge in [0.1, 0.15) is 0 Å². The summed E-state index contributed by atoms with van der Waals surface area (Å²) in [5, 5.41) is 0. The molecule has 0 fully saturated rings. The fourth-order valence-electron chi connectivity index (χ4n) is 2.12. The molecule has 0 heterocycles. The lowest BCUT2D eigenvalue weighted by Crippen LogP contribution is -1.81. The van der Waals surface area contributed by atoms with Gasteiger partial charge < -0.3 is 0 Å². The minimum Gasteiger partial charge on any atom is -0.115 e. The van der Waals surface area contributed by atoms with E-state index in [2.05, 4.69) is 30.8 Å². The highest BCUT2D eigenvalue weighted by molar-refractivity contribution is 5.15. The van der Waals surface area contributed by atoms with Crippen LogP contribution in [0.5, 0.6) is 0 Å². The molecule has 0 bridgehead atoms. The monoisotopic (exact) mass is 284 g/mol. The van der Waals surface area contributed by atoms with Crippen LogP contribution in [0.25, 0.3) is 0 Å². The fraction of sp³-hybridized carbons (Fsp3) is 0.619. The molecule has 0 saturated heterocycles. The molecule has 0 aliphatic heterocycles. The Bertz CT molecular complexity index is 354. The van der Waals surface area contributed by atoms with Crippen LogP contribution in [0.3, 0.4) is 0 Å². The molecule has 116 valence electrons. The second-order valence-electron chi connectivity index (χ2n) is 5.42. The third kappa shape index (κ3) is 18.6. The van der Waals surface area contributed by atoms with Crippen molar-refractivity contribution in [1.29, 1.82) is 0 Å². The number of hydrogen-bond acceptors (Lipinski definition) is 0. The van der Waals surface area contributed by atoms with E-state index in [1.807, 2.05) is 12.2 Å². The van der Waals surface area contributed by atoms with E-state index in [9.17, 15) is 0 Å². The van der Waals surface area contributed by atoms with Gasteiger partial charge in [0, 0.05) is 12.8 Å². The fourth-order valence-corrected chi connectivity index (χ4v) is 2.12. The first kappa shape index (κ1) is 19.6. The van der Waals surface area contributed by atoms with E-state index in [0.717, 1.165) is 12.8 Å². The Morgan fingerprint density at radius 3 is 2.05 bits per heavy atom. The van der Waals surface area contributed by atoms with Crippen molar-refractivity contribution in [2.45, 2.75) is 84.0 Å². The first-order valence-electron chi connectivity index (χ1n) is 8.65. The molecule has 0 atom stereocenters. The van der Waals surface area contributed by atoms with Gasteiger partial charge in [0.2, 0.25) is 0 Å². The van der Waals surface area contributed by atoms with Gasteiger partial charge >= 0.3 is 0 Å². The molecule has 0 nitrogen and oxygen atoms in total. The molecule has 0 rings (SSSR count).